The summed E-state index contributed by atoms with van der Waals surface area (Å²) in [6.45, 7) is 2.14. The van der Waals surface area contributed by atoms with E-state index in [-0.39, 0.29) is 0 Å². The van der Waals surface area contributed by atoms with E-state index in [4.69, 9.17) is 0 Å². The van der Waals surface area contributed by atoms with E-state index in [1.165, 1.54) is 5.56 Å². The van der Waals surface area contributed by atoms with Crippen molar-refractivity contribution in [2.24, 2.45) is 0 Å². The predicted molar refractivity (Wildman–Crippen MR) is 67.8 cm³/mol. The highest BCUT2D eigenvalue weighted by atomic mass is 16.4. The number of rotatable bonds is 6. The van der Waals surface area contributed by atoms with Crippen LogP contribution in [-0.4, -0.2) is 11.9 Å². The predicted octanol–water partition coefficient (Wildman–Crippen LogP) is 1.27. The average molecular weight is 246 g/mol. The minimum absolute atomic E-state index is 0.486. The zero-order chi connectivity index (χ0) is 13.4. The van der Waals surface area contributed by atoms with Crippen LogP contribution in [0.25, 0.3) is 0 Å². The maximum atomic E-state index is 11.3. The van der Waals surface area contributed by atoms with Crippen molar-refractivity contribution >= 4 is 17.6 Å². The summed E-state index contributed by atoms with van der Waals surface area (Å²) in [5.41, 5.74) is 1.86. The van der Waals surface area contributed by atoms with Crippen molar-refractivity contribution in [3.8, 4) is 0 Å². The average Bonchev–Trinajstić information content (AvgIpc) is 2.35. The van der Waals surface area contributed by atoms with Gasteiger partial charge in [0.2, 0.25) is 5.91 Å². The zero-order valence-corrected chi connectivity index (χ0v) is 10.3. The van der Waals surface area contributed by atoms with Gasteiger partial charge in [-0.15, -0.1) is 0 Å². The first-order valence-corrected chi connectivity index (χ1v) is 5.91. The second-order valence-corrected chi connectivity index (χ2v) is 3.94. The van der Waals surface area contributed by atoms with Crippen molar-refractivity contribution in [3.05, 3.63) is 42.0 Å². The minimum atomic E-state index is -1.39. The van der Waals surface area contributed by atoms with Gasteiger partial charge in [-0.2, -0.15) is 0 Å². The summed E-state index contributed by atoms with van der Waals surface area (Å²) in [6, 6.07) is 7.51. The molecule has 4 nitrogen and oxygen atoms in total. The molecule has 0 aromatic heterocycles. The quantitative estimate of drug-likeness (QED) is 0.768. The Morgan fingerprint density at radius 3 is 2.44 bits per heavy atom. The molecule has 1 aromatic rings. The summed E-state index contributed by atoms with van der Waals surface area (Å²) >= 11 is 0. The number of carbonyl (C=O) groups is 2. The van der Waals surface area contributed by atoms with E-state index < -0.39 is 11.9 Å². The second kappa shape index (κ2) is 7.27. The Morgan fingerprint density at radius 1 is 1.22 bits per heavy atom. The van der Waals surface area contributed by atoms with Crippen LogP contribution in [0.3, 0.4) is 0 Å². The molecule has 1 N–H and O–H groups in total. The maximum Gasteiger partial charge on any atom is 0.248 e. The number of carbonyl (C=O) groups excluding carboxylic acids is 2. The number of amides is 1. The highest BCUT2D eigenvalue weighted by Crippen LogP contribution is 2.11. The lowest BCUT2D eigenvalue weighted by molar-refractivity contribution is -0.297. The zero-order valence-electron chi connectivity index (χ0n) is 10.3. The van der Waals surface area contributed by atoms with E-state index in [2.05, 4.69) is 12.2 Å². The van der Waals surface area contributed by atoms with Crippen molar-refractivity contribution < 1.29 is 14.7 Å². The molecule has 0 saturated heterocycles. The molecule has 0 saturated carbocycles. The normalized spacial score (nSPS) is 10.5. The van der Waals surface area contributed by atoms with Gasteiger partial charge in [0.25, 0.3) is 0 Å². The standard InChI is InChI=1S/C14H17NO3/c1-2-3-4-11-5-7-12(8-6-11)15-13(16)9-10-14(17)18/h5-10H,2-4H2,1H3,(H,15,16)(H,17,18)/p-1/b10-9-. The van der Waals surface area contributed by atoms with Gasteiger partial charge in [-0.1, -0.05) is 25.5 Å². The van der Waals surface area contributed by atoms with Crippen LogP contribution in [0.15, 0.2) is 36.4 Å². The number of aryl methyl sites for hydroxylation is 1. The van der Waals surface area contributed by atoms with Gasteiger partial charge in [-0.3, -0.25) is 4.79 Å². The highest BCUT2D eigenvalue weighted by molar-refractivity contribution is 6.02. The fourth-order valence-electron chi connectivity index (χ4n) is 1.46. The number of unbranched alkanes of at least 4 members (excludes halogenated alkanes) is 1. The first kappa shape index (κ1) is 14.0. The summed E-state index contributed by atoms with van der Waals surface area (Å²) in [7, 11) is 0. The molecule has 0 heterocycles. The number of hydrogen-bond acceptors (Lipinski definition) is 3. The smallest absolute Gasteiger partial charge is 0.248 e. The molecule has 1 amide bonds. The molecular weight excluding hydrogens is 230 g/mol. The van der Waals surface area contributed by atoms with Crippen molar-refractivity contribution in [1.29, 1.82) is 0 Å². The summed E-state index contributed by atoms with van der Waals surface area (Å²) in [5.74, 6) is -1.87. The molecule has 1 aromatic carbocycles. The van der Waals surface area contributed by atoms with Gasteiger partial charge < -0.3 is 15.2 Å². The molecule has 1 rings (SSSR count). The number of anilines is 1. The Labute approximate surface area is 106 Å². The summed E-state index contributed by atoms with van der Waals surface area (Å²) < 4.78 is 0. The van der Waals surface area contributed by atoms with Crippen LogP contribution in [0.4, 0.5) is 5.69 Å². The lowest BCUT2D eigenvalue weighted by Gasteiger charge is -2.04. The van der Waals surface area contributed by atoms with Gasteiger partial charge in [0.1, 0.15) is 0 Å². The Kier molecular flexibility index (Phi) is 5.64. The van der Waals surface area contributed by atoms with Crippen molar-refractivity contribution in [2.45, 2.75) is 26.2 Å². The van der Waals surface area contributed by atoms with E-state index >= 15 is 0 Å². The largest absolute Gasteiger partial charge is 0.545 e. The van der Waals surface area contributed by atoms with E-state index in [1.807, 2.05) is 12.1 Å². The summed E-state index contributed by atoms with van der Waals surface area (Å²) in [4.78, 5) is 21.4. The van der Waals surface area contributed by atoms with Gasteiger partial charge in [0.15, 0.2) is 0 Å². The first-order chi connectivity index (χ1) is 8.61. The van der Waals surface area contributed by atoms with Crippen LogP contribution in [0, 0.1) is 0 Å². The molecule has 0 aliphatic carbocycles. The van der Waals surface area contributed by atoms with Gasteiger partial charge in [0.05, 0.1) is 5.97 Å². The SMILES string of the molecule is CCCCc1ccc(NC(=O)/C=C\C(=O)[O-])cc1. The van der Waals surface area contributed by atoms with Gasteiger partial charge in [-0.05, 0) is 36.6 Å². The van der Waals surface area contributed by atoms with Crippen molar-refractivity contribution in [1.82, 2.24) is 0 Å². The molecule has 0 unspecified atom stereocenters. The lowest BCUT2D eigenvalue weighted by Crippen LogP contribution is -2.20. The second-order valence-electron chi connectivity index (χ2n) is 3.94. The van der Waals surface area contributed by atoms with E-state index in [0.717, 1.165) is 25.3 Å². The Morgan fingerprint density at radius 2 is 1.89 bits per heavy atom. The molecule has 18 heavy (non-hydrogen) atoms. The maximum absolute atomic E-state index is 11.3. The third-order valence-electron chi connectivity index (χ3n) is 2.41. The molecule has 0 atom stereocenters. The third-order valence-corrected chi connectivity index (χ3v) is 2.41. The molecule has 0 aliphatic rings. The number of carboxylic acids is 1. The monoisotopic (exact) mass is 246 g/mol. The summed E-state index contributed by atoms with van der Waals surface area (Å²) in [6.07, 6.45) is 4.94. The van der Waals surface area contributed by atoms with Crippen molar-refractivity contribution in [2.75, 3.05) is 5.32 Å². The number of hydrogen-bond donors (Lipinski definition) is 1. The molecule has 96 valence electrons. The Bertz CT molecular complexity index is 435. The Balaban J connectivity index is 2.53. The minimum Gasteiger partial charge on any atom is -0.545 e. The Hall–Kier alpha value is -2.10. The van der Waals surface area contributed by atoms with Crippen LogP contribution >= 0.6 is 0 Å². The molecule has 0 aliphatic heterocycles. The highest BCUT2D eigenvalue weighted by Gasteiger charge is 1.98. The molecule has 0 fully saturated rings. The van der Waals surface area contributed by atoms with Crippen molar-refractivity contribution in [3.63, 3.8) is 0 Å². The van der Waals surface area contributed by atoms with Crippen LogP contribution in [0.5, 0.6) is 0 Å². The summed E-state index contributed by atoms with van der Waals surface area (Å²) in [5, 5.41) is 12.7. The van der Waals surface area contributed by atoms with Crippen LogP contribution < -0.4 is 10.4 Å². The first-order valence-electron chi connectivity index (χ1n) is 5.91. The molecular formula is C14H16NO3-. The number of carboxylic acid groups (broad SMARTS) is 1. The van der Waals surface area contributed by atoms with Crippen LogP contribution in [0.1, 0.15) is 25.3 Å². The number of benzene rings is 1. The topological polar surface area (TPSA) is 69.2 Å². The van der Waals surface area contributed by atoms with E-state index in [0.29, 0.717) is 11.8 Å². The third kappa shape index (κ3) is 5.30. The molecule has 4 heteroatoms. The molecule has 0 radical (unpaired) electrons. The van der Waals surface area contributed by atoms with Crippen LogP contribution in [0.2, 0.25) is 0 Å². The van der Waals surface area contributed by atoms with E-state index in [1.54, 1.807) is 12.1 Å². The number of nitrogens with one attached hydrogen (secondary N) is 1. The molecule has 0 bridgehead atoms. The fraction of sp³-hybridized carbons (Fsp3) is 0.286. The van der Waals surface area contributed by atoms with Gasteiger partial charge >= 0.3 is 0 Å². The van der Waals surface area contributed by atoms with Gasteiger partial charge in [-0.25, -0.2) is 0 Å². The lowest BCUT2D eigenvalue weighted by atomic mass is 10.1. The van der Waals surface area contributed by atoms with Gasteiger partial charge in [0, 0.05) is 11.8 Å². The number of aliphatic carboxylic acids is 1. The van der Waals surface area contributed by atoms with Crippen LogP contribution in [-0.2, 0) is 16.0 Å². The molecule has 0 spiro atoms. The fourth-order valence-corrected chi connectivity index (χ4v) is 1.46. The van der Waals surface area contributed by atoms with E-state index in [9.17, 15) is 14.7 Å².